The molecule has 0 amide bonds. The number of nitrogens with zero attached hydrogens (tertiary/aromatic N) is 3. The summed E-state index contributed by atoms with van der Waals surface area (Å²) in [7, 11) is 0. The van der Waals surface area contributed by atoms with Crippen LogP contribution in [0.25, 0.3) is 33.3 Å². The van der Waals surface area contributed by atoms with Gasteiger partial charge in [-0.2, -0.15) is 5.10 Å². The van der Waals surface area contributed by atoms with Crippen molar-refractivity contribution in [3.8, 4) is 11.5 Å². The highest BCUT2D eigenvalue weighted by atomic mass is 32.1. The maximum absolute atomic E-state index is 6.12. The van der Waals surface area contributed by atoms with Gasteiger partial charge in [0, 0.05) is 32.9 Å². The maximum Gasteiger partial charge on any atom is 0.206 e. The average molecular weight is 413 g/mol. The van der Waals surface area contributed by atoms with E-state index in [4.69, 9.17) is 14.5 Å². The third-order valence-electron chi connectivity index (χ3n) is 5.45. The third kappa shape index (κ3) is 3.00. The number of furan rings is 1. The quantitative estimate of drug-likeness (QED) is 0.378. The minimum atomic E-state index is 0.420. The van der Waals surface area contributed by atoms with E-state index in [9.17, 15) is 0 Å². The van der Waals surface area contributed by atoms with Gasteiger partial charge < -0.3 is 9.40 Å². The number of fused-ring (bicyclic) bond motifs is 2. The number of hydrogen-bond donors (Lipinski definition) is 1. The van der Waals surface area contributed by atoms with Crippen molar-refractivity contribution in [2.45, 2.75) is 25.8 Å². The second kappa shape index (κ2) is 6.85. The molecule has 0 bridgehead atoms. The van der Waals surface area contributed by atoms with Crippen molar-refractivity contribution in [2.24, 2.45) is 10.1 Å². The lowest BCUT2D eigenvalue weighted by molar-refractivity contribution is 0.621. The van der Waals surface area contributed by atoms with Crippen LogP contribution in [0.3, 0.4) is 0 Å². The maximum atomic E-state index is 6.12. The fourth-order valence-electron chi connectivity index (χ4n) is 3.72. The van der Waals surface area contributed by atoms with E-state index in [0.717, 1.165) is 56.8 Å². The van der Waals surface area contributed by atoms with Gasteiger partial charge in [0.15, 0.2) is 5.76 Å². The molecule has 1 saturated carbocycles. The second-order valence-corrected chi connectivity index (χ2v) is 8.51. The number of benzene rings is 2. The molecule has 0 radical (unpaired) electrons. The van der Waals surface area contributed by atoms with Gasteiger partial charge >= 0.3 is 0 Å². The number of hydrogen-bond acceptors (Lipinski definition) is 4. The van der Waals surface area contributed by atoms with E-state index in [-0.39, 0.29) is 0 Å². The summed E-state index contributed by atoms with van der Waals surface area (Å²) >= 11 is 1.61. The molecule has 0 aliphatic heterocycles. The van der Waals surface area contributed by atoms with Crippen molar-refractivity contribution in [1.82, 2.24) is 9.66 Å². The molecule has 0 saturated heterocycles. The van der Waals surface area contributed by atoms with E-state index in [1.54, 1.807) is 11.3 Å². The van der Waals surface area contributed by atoms with Gasteiger partial charge in [-0.05, 0) is 38.0 Å². The molecule has 6 heteroatoms. The first-order chi connectivity index (χ1) is 14.8. The monoisotopic (exact) mass is 412 g/mol. The molecule has 3 heterocycles. The minimum Gasteiger partial charge on any atom is -0.454 e. The Hall–Kier alpha value is -3.38. The predicted octanol–water partition coefficient (Wildman–Crippen LogP) is 5.70. The van der Waals surface area contributed by atoms with E-state index >= 15 is 0 Å². The number of nitrogens with one attached hydrogen (secondary N) is 1. The number of aromatic nitrogens is 2. The highest BCUT2D eigenvalue weighted by Gasteiger charge is 2.21. The zero-order valence-corrected chi connectivity index (χ0v) is 17.3. The first kappa shape index (κ1) is 17.5. The molecule has 5 aromatic rings. The number of H-pyrrole nitrogens is 1. The average Bonchev–Trinajstić information content (AvgIpc) is 3.19. The normalized spacial score (nSPS) is 15.2. The van der Waals surface area contributed by atoms with Crippen LogP contribution in [0, 0.1) is 6.92 Å². The molecule has 0 spiro atoms. The Morgan fingerprint density at radius 1 is 1.13 bits per heavy atom. The van der Waals surface area contributed by atoms with Crippen molar-refractivity contribution in [1.29, 1.82) is 0 Å². The number of aromatic amines is 1. The molecule has 6 rings (SSSR count). The van der Waals surface area contributed by atoms with Gasteiger partial charge in [0.05, 0.1) is 12.3 Å². The van der Waals surface area contributed by atoms with Crippen LogP contribution in [0.5, 0.6) is 0 Å². The van der Waals surface area contributed by atoms with Crippen molar-refractivity contribution in [3.63, 3.8) is 0 Å². The first-order valence-corrected chi connectivity index (χ1v) is 11.0. The summed E-state index contributed by atoms with van der Waals surface area (Å²) < 4.78 is 8.04. The lowest BCUT2D eigenvalue weighted by Gasteiger charge is -2.01. The molecule has 1 aliphatic rings. The molecule has 1 fully saturated rings. The Labute approximate surface area is 177 Å². The molecular formula is C24H20N4OS. The molecule has 2 aromatic carbocycles. The Morgan fingerprint density at radius 3 is 2.83 bits per heavy atom. The molecule has 1 N–H and O–H groups in total. The van der Waals surface area contributed by atoms with Gasteiger partial charge in [-0.3, -0.25) is 4.99 Å². The van der Waals surface area contributed by atoms with Crippen LogP contribution >= 0.6 is 11.3 Å². The predicted molar refractivity (Wildman–Crippen MR) is 122 cm³/mol. The number of thiazole rings is 1. The summed E-state index contributed by atoms with van der Waals surface area (Å²) in [4.78, 5) is 9.22. The van der Waals surface area contributed by atoms with Gasteiger partial charge in [0.25, 0.3) is 0 Å². The summed E-state index contributed by atoms with van der Waals surface area (Å²) in [6.45, 7) is 2.08. The molecule has 3 aromatic heterocycles. The van der Waals surface area contributed by atoms with Crippen LogP contribution in [-0.4, -0.2) is 21.9 Å². The Morgan fingerprint density at radius 2 is 1.97 bits per heavy atom. The van der Waals surface area contributed by atoms with E-state index in [0.29, 0.717) is 6.04 Å². The lowest BCUT2D eigenvalue weighted by atomic mass is 10.1. The van der Waals surface area contributed by atoms with Crippen LogP contribution in [-0.2, 0) is 0 Å². The molecule has 30 heavy (non-hydrogen) atoms. The Balaban J connectivity index is 1.50. The van der Waals surface area contributed by atoms with Crippen molar-refractivity contribution >= 4 is 39.4 Å². The summed E-state index contributed by atoms with van der Waals surface area (Å²) in [6.07, 6.45) is 4.24. The number of aryl methyl sites for hydroxylation is 1. The fourth-order valence-corrected chi connectivity index (χ4v) is 4.61. The van der Waals surface area contributed by atoms with Gasteiger partial charge in [-0.1, -0.05) is 36.4 Å². The number of rotatable bonds is 4. The van der Waals surface area contributed by atoms with E-state index in [1.807, 2.05) is 35.2 Å². The molecule has 1 aliphatic carbocycles. The fraction of sp³-hybridized carbons (Fsp3) is 0.167. The lowest BCUT2D eigenvalue weighted by Crippen LogP contribution is -2.12. The second-order valence-electron chi connectivity index (χ2n) is 7.68. The summed E-state index contributed by atoms with van der Waals surface area (Å²) in [5, 5.41) is 9.21. The van der Waals surface area contributed by atoms with Gasteiger partial charge in [0.1, 0.15) is 11.3 Å². The van der Waals surface area contributed by atoms with Crippen LogP contribution in [0.4, 0.5) is 0 Å². The van der Waals surface area contributed by atoms with Gasteiger partial charge in [-0.25, -0.2) is 4.68 Å². The van der Waals surface area contributed by atoms with Crippen molar-refractivity contribution < 1.29 is 4.42 Å². The Kier molecular flexibility index (Phi) is 3.99. The van der Waals surface area contributed by atoms with Crippen molar-refractivity contribution in [2.75, 3.05) is 0 Å². The highest BCUT2D eigenvalue weighted by Crippen LogP contribution is 2.29. The summed E-state index contributed by atoms with van der Waals surface area (Å²) in [5.74, 6) is 0.803. The van der Waals surface area contributed by atoms with Crippen LogP contribution < -0.4 is 4.80 Å². The molecule has 148 valence electrons. The van der Waals surface area contributed by atoms with E-state index in [2.05, 4.69) is 47.6 Å². The third-order valence-corrected chi connectivity index (χ3v) is 6.28. The van der Waals surface area contributed by atoms with Crippen molar-refractivity contribution in [3.05, 3.63) is 76.0 Å². The summed E-state index contributed by atoms with van der Waals surface area (Å²) in [6, 6.07) is 18.9. The smallest absolute Gasteiger partial charge is 0.206 e. The zero-order chi connectivity index (χ0) is 20.1. The van der Waals surface area contributed by atoms with Crippen LogP contribution in [0.1, 0.15) is 24.1 Å². The molecule has 5 nitrogen and oxygen atoms in total. The van der Waals surface area contributed by atoms with Crippen LogP contribution in [0.15, 0.2) is 74.5 Å². The molecular weight excluding hydrogens is 392 g/mol. The largest absolute Gasteiger partial charge is 0.454 e. The minimum absolute atomic E-state index is 0.420. The molecule has 0 atom stereocenters. The Bertz CT molecular complexity index is 1440. The topological polar surface area (TPSA) is 58.6 Å². The standard InChI is InChI=1S/C24H20N4OS/c1-15-19(18-7-3-4-8-20(18)26-15)13-25-28-21(14-30-24(28)27-17-10-11-17)23-12-16-6-2-5-9-22(16)29-23/h2-9,12-14,17,26H,10-11H2,1H3/b25-13+,27-24?. The number of para-hydroxylation sites is 2. The van der Waals surface area contributed by atoms with E-state index < -0.39 is 0 Å². The van der Waals surface area contributed by atoms with E-state index in [1.165, 1.54) is 5.39 Å². The summed E-state index contributed by atoms with van der Waals surface area (Å²) in [5.41, 5.74) is 5.11. The van der Waals surface area contributed by atoms with Gasteiger partial charge in [-0.15, -0.1) is 11.3 Å². The SMILES string of the molecule is Cc1[nH]c2ccccc2c1/C=N/n1c(-c2cc3ccccc3o2)csc1=NC1CC1. The van der Waals surface area contributed by atoms with Gasteiger partial charge in [0.2, 0.25) is 4.80 Å². The first-order valence-electron chi connectivity index (χ1n) is 10.1. The highest BCUT2D eigenvalue weighted by molar-refractivity contribution is 7.07. The molecule has 0 unspecified atom stereocenters. The van der Waals surface area contributed by atoms with Crippen LogP contribution in [0.2, 0.25) is 0 Å². The zero-order valence-electron chi connectivity index (χ0n) is 16.5.